The predicted molar refractivity (Wildman–Crippen MR) is 62.4 cm³/mol. The number of carbonyl (C=O) groups excluding carboxylic acids is 1. The van der Waals surface area contributed by atoms with Gasteiger partial charge in [-0.25, -0.2) is 14.5 Å². The summed E-state index contributed by atoms with van der Waals surface area (Å²) >= 11 is 5.78. The lowest BCUT2D eigenvalue weighted by atomic mass is 10.2. The molecule has 17 heavy (non-hydrogen) atoms. The van der Waals surface area contributed by atoms with E-state index >= 15 is 0 Å². The Morgan fingerprint density at radius 1 is 1.47 bits per heavy atom. The van der Waals surface area contributed by atoms with Crippen LogP contribution in [0.1, 0.15) is 15.9 Å². The summed E-state index contributed by atoms with van der Waals surface area (Å²) in [5.41, 5.74) is 1.22. The second-order valence-electron chi connectivity index (χ2n) is 3.46. The Bertz CT molecular complexity index is 566. The van der Waals surface area contributed by atoms with Gasteiger partial charge in [0.2, 0.25) is 0 Å². The summed E-state index contributed by atoms with van der Waals surface area (Å²) in [6.07, 6.45) is 4.62. The zero-order valence-corrected chi connectivity index (χ0v) is 10.1. The minimum absolute atomic E-state index is 0.409. The highest BCUT2D eigenvalue weighted by atomic mass is 35.5. The molecule has 2 heterocycles. The first-order valence-electron chi connectivity index (χ1n) is 4.87. The molecule has 0 aliphatic rings. The van der Waals surface area contributed by atoms with Crippen molar-refractivity contribution in [2.45, 2.75) is 6.92 Å². The van der Waals surface area contributed by atoms with Crippen LogP contribution in [0.25, 0.3) is 5.82 Å². The molecule has 0 atom stereocenters. The van der Waals surface area contributed by atoms with E-state index in [2.05, 4.69) is 14.8 Å². The Labute approximate surface area is 103 Å². The van der Waals surface area contributed by atoms with Gasteiger partial charge in [0, 0.05) is 6.20 Å². The lowest BCUT2D eigenvalue weighted by molar-refractivity contribution is 0.0600. The Balaban J connectivity index is 2.41. The number of methoxy groups -OCH3 is 1. The average molecular weight is 252 g/mol. The number of hydrogen-bond donors (Lipinski definition) is 0. The first-order chi connectivity index (χ1) is 8.11. The van der Waals surface area contributed by atoms with E-state index in [9.17, 15) is 4.79 Å². The van der Waals surface area contributed by atoms with Gasteiger partial charge in [0.05, 0.1) is 30.1 Å². The molecule has 0 saturated carbocycles. The number of hydrogen-bond acceptors (Lipinski definition) is 4. The predicted octanol–water partition coefficient (Wildman–Crippen LogP) is 2.02. The van der Waals surface area contributed by atoms with E-state index in [1.165, 1.54) is 19.5 Å². The third-order valence-corrected chi connectivity index (χ3v) is 2.44. The topological polar surface area (TPSA) is 57.0 Å². The van der Waals surface area contributed by atoms with Crippen LogP contribution in [0.3, 0.4) is 0 Å². The summed E-state index contributed by atoms with van der Waals surface area (Å²) < 4.78 is 6.17. The molecular weight excluding hydrogens is 242 g/mol. The molecule has 0 amide bonds. The van der Waals surface area contributed by atoms with Crippen LogP contribution in [0.4, 0.5) is 0 Å². The number of rotatable bonds is 2. The molecule has 0 aliphatic carbocycles. The summed E-state index contributed by atoms with van der Waals surface area (Å²) in [4.78, 5) is 15.5. The largest absolute Gasteiger partial charge is 0.465 e. The Morgan fingerprint density at radius 3 is 2.76 bits per heavy atom. The number of aryl methyl sites for hydroxylation is 1. The monoisotopic (exact) mass is 251 g/mol. The maximum atomic E-state index is 11.3. The summed E-state index contributed by atoms with van der Waals surface area (Å²) in [5, 5.41) is 4.58. The summed E-state index contributed by atoms with van der Waals surface area (Å²) in [5.74, 6) is 0.218. The van der Waals surface area contributed by atoms with Crippen molar-refractivity contribution in [3.05, 3.63) is 40.8 Å². The molecule has 0 aliphatic heterocycles. The number of esters is 1. The molecule has 2 aromatic rings. The lowest BCUT2D eigenvalue weighted by Crippen LogP contribution is -2.06. The Morgan fingerprint density at radius 2 is 2.24 bits per heavy atom. The molecule has 88 valence electrons. The third kappa shape index (κ3) is 2.29. The van der Waals surface area contributed by atoms with Crippen LogP contribution in [0.5, 0.6) is 0 Å². The van der Waals surface area contributed by atoms with Gasteiger partial charge in [-0.15, -0.1) is 0 Å². The van der Waals surface area contributed by atoms with Crippen molar-refractivity contribution in [3.63, 3.8) is 0 Å². The van der Waals surface area contributed by atoms with Gasteiger partial charge in [0.15, 0.2) is 5.82 Å². The molecule has 0 fully saturated rings. The minimum atomic E-state index is -0.411. The van der Waals surface area contributed by atoms with Crippen LogP contribution in [-0.2, 0) is 4.74 Å². The fraction of sp³-hybridized carbons (Fsp3) is 0.182. The minimum Gasteiger partial charge on any atom is -0.465 e. The van der Waals surface area contributed by atoms with Gasteiger partial charge < -0.3 is 4.74 Å². The maximum Gasteiger partial charge on any atom is 0.339 e. The molecule has 2 aromatic heterocycles. The van der Waals surface area contributed by atoms with Gasteiger partial charge >= 0.3 is 5.97 Å². The zero-order chi connectivity index (χ0) is 12.4. The van der Waals surface area contributed by atoms with Crippen LogP contribution in [0, 0.1) is 6.92 Å². The highest BCUT2D eigenvalue weighted by molar-refractivity contribution is 6.30. The number of pyridine rings is 1. The van der Waals surface area contributed by atoms with E-state index in [0.717, 1.165) is 5.56 Å². The smallest absolute Gasteiger partial charge is 0.339 e. The van der Waals surface area contributed by atoms with Crippen molar-refractivity contribution < 1.29 is 9.53 Å². The summed E-state index contributed by atoms with van der Waals surface area (Å²) in [7, 11) is 1.33. The quantitative estimate of drug-likeness (QED) is 0.766. The van der Waals surface area contributed by atoms with Crippen molar-refractivity contribution in [3.8, 4) is 5.82 Å². The van der Waals surface area contributed by atoms with E-state index in [-0.39, 0.29) is 0 Å². The van der Waals surface area contributed by atoms with Crippen LogP contribution < -0.4 is 0 Å². The first-order valence-corrected chi connectivity index (χ1v) is 5.25. The van der Waals surface area contributed by atoms with E-state index in [1.54, 1.807) is 16.9 Å². The number of carbonyl (C=O) groups is 1. The molecule has 0 saturated heterocycles. The SMILES string of the molecule is COC(=O)c1cnc(-n2cc(Cl)cn2)c(C)c1. The zero-order valence-electron chi connectivity index (χ0n) is 9.35. The molecule has 5 nitrogen and oxygen atoms in total. The second kappa shape index (κ2) is 4.55. The number of nitrogens with zero attached hydrogens (tertiary/aromatic N) is 3. The van der Waals surface area contributed by atoms with Gasteiger partial charge in [-0.05, 0) is 18.6 Å². The maximum absolute atomic E-state index is 11.3. The number of ether oxygens (including phenoxy) is 1. The molecular formula is C11H10ClN3O2. The highest BCUT2D eigenvalue weighted by Gasteiger charge is 2.10. The van der Waals surface area contributed by atoms with Gasteiger partial charge in [-0.1, -0.05) is 11.6 Å². The molecule has 0 aromatic carbocycles. The fourth-order valence-electron chi connectivity index (χ4n) is 1.45. The van der Waals surface area contributed by atoms with Crippen molar-refractivity contribution in [2.75, 3.05) is 7.11 Å². The highest BCUT2D eigenvalue weighted by Crippen LogP contribution is 2.15. The number of halogens is 1. The van der Waals surface area contributed by atoms with Crippen molar-refractivity contribution in [1.82, 2.24) is 14.8 Å². The van der Waals surface area contributed by atoms with Crippen LogP contribution in [-0.4, -0.2) is 27.8 Å². The second-order valence-corrected chi connectivity index (χ2v) is 3.90. The normalized spacial score (nSPS) is 10.3. The van der Waals surface area contributed by atoms with Crippen LogP contribution >= 0.6 is 11.6 Å². The van der Waals surface area contributed by atoms with Crippen LogP contribution in [0.15, 0.2) is 24.7 Å². The van der Waals surface area contributed by atoms with Gasteiger partial charge in [0.25, 0.3) is 0 Å². The molecule has 0 bridgehead atoms. The molecule has 0 radical (unpaired) electrons. The van der Waals surface area contributed by atoms with Crippen molar-refractivity contribution >= 4 is 17.6 Å². The third-order valence-electron chi connectivity index (χ3n) is 2.24. The molecule has 6 heteroatoms. The van der Waals surface area contributed by atoms with E-state index < -0.39 is 5.97 Å². The molecule has 2 rings (SSSR count). The standard InChI is InChI=1S/C11H10ClN3O2/c1-7-3-8(11(16)17-2)4-13-10(7)15-6-9(12)5-14-15/h3-6H,1-2H3. The first kappa shape index (κ1) is 11.6. The van der Waals surface area contributed by atoms with Gasteiger partial charge in [0.1, 0.15) is 0 Å². The van der Waals surface area contributed by atoms with E-state index in [4.69, 9.17) is 11.6 Å². The van der Waals surface area contributed by atoms with Crippen molar-refractivity contribution in [1.29, 1.82) is 0 Å². The average Bonchev–Trinajstić information content (AvgIpc) is 2.74. The molecule has 0 unspecified atom stereocenters. The summed E-state index contributed by atoms with van der Waals surface area (Å²) in [6.45, 7) is 1.84. The van der Waals surface area contributed by atoms with Crippen LogP contribution in [0.2, 0.25) is 5.02 Å². The van der Waals surface area contributed by atoms with Gasteiger partial charge in [-0.2, -0.15) is 5.10 Å². The lowest BCUT2D eigenvalue weighted by Gasteiger charge is -2.06. The number of aromatic nitrogens is 3. The Kier molecular flexibility index (Phi) is 3.10. The summed E-state index contributed by atoms with van der Waals surface area (Å²) in [6, 6.07) is 1.70. The van der Waals surface area contributed by atoms with Crippen molar-refractivity contribution in [2.24, 2.45) is 0 Å². The van der Waals surface area contributed by atoms with Gasteiger partial charge in [-0.3, -0.25) is 0 Å². The molecule has 0 N–H and O–H groups in total. The molecule has 0 spiro atoms. The fourth-order valence-corrected chi connectivity index (χ4v) is 1.59. The van der Waals surface area contributed by atoms with E-state index in [1.807, 2.05) is 6.92 Å². The van der Waals surface area contributed by atoms with E-state index in [0.29, 0.717) is 16.4 Å². The Hall–Kier alpha value is -1.88.